The van der Waals surface area contributed by atoms with Crippen LogP contribution in [-0.2, 0) is 10.9 Å². The summed E-state index contributed by atoms with van der Waals surface area (Å²) >= 11 is 5.52. The van der Waals surface area contributed by atoms with Crippen molar-refractivity contribution in [1.82, 2.24) is 14.9 Å². The number of halogens is 5. The topological polar surface area (TPSA) is 67.3 Å². The predicted molar refractivity (Wildman–Crippen MR) is 86.8 cm³/mol. The van der Waals surface area contributed by atoms with Gasteiger partial charge in [-0.3, -0.25) is 0 Å². The second-order valence-electron chi connectivity index (χ2n) is 6.88. The van der Waals surface area contributed by atoms with E-state index in [0.717, 1.165) is 0 Å². The minimum Gasteiger partial charge on any atom is -0.444 e. The molecule has 2 heterocycles. The van der Waals surface area contributed by atoms with E-state index in [2.05, 4.69) is 15.3 Å². The van der Waals surface area contributed by atoms with Crippen molar-refractivity contribution in [2.75, 3.05) is 18.4 Å². The highest BCUT2D eigenvalue weighted by Crippen LogP contribution is 2.33. The summed E-state index contributed by atoms with van der Waals surface area (Å²) in [6, 6.07) is -0.763. The van der Waals surface area contributed by atoms with Gasteiger partial charge in [0.2, 0.25) is 5.95 Å². The zero-order valence-electron chi connectivity index (χ0n) is 14.4. The number of nitrogens with zero attached hydrogens (tertiary/aromatic N) is 3. The molecule has 26 heavy (non-hydrogen) atoms. The highest BCUT2D eigenvalue weighted by atomic mass is 35.5. The van der Waals surface area contributed by atoms with E-state index in [0.29, 0.717) is 6.20 Å². The summed E-state index contributed by atoms with van der Waals surface area (Å²) in [6.45, 7) is 5.13. The molecule has 1 N–H and O–H groups in total. The molecule has 0 aromatic carbocycles. The van der Waals surface area contributed by atoms with Gasteiger partial charge in [0, 0.05) is 12.7 Å². The summed E-state index contributed by atoms with van der Waals surface area (Å²) < 4.78 is 57.5. The Morgan fingerprint density at radius 2 is 2.04 bits per heavy atom. The molecule has 0 aliphatic carbocycles. The zero-order chi connectivity index (χ0) is 19.7. The number of likely N-dealkylation sites (tertiary alicyclic amines) is 1. The molecule has 1 aliphatic rings. The third-order valence-corrected chi connectivity index (χ3v) is 3.84. The van der Waals surface area contributed by atoms with Crippen LogP contribution in [0, 0.1) is 0 Å². The van der Waals surface area contributed by atoms with Gasteiger partial charge < -0.3 is 15.0 Å². The van der Waals surface area contributed by atoms with Gasteiger partial charge in [0.15, 0.2) is 0 Å². The highest BCUT2D eigenvalue weighted by molar-refractivity contribution is 6.30. The maximum absolute atomic E-state index is 14.4. The third kappa shape index (κ3) is 5.33. The minimum absolute atomic E-state index is 0.207. The number of carbonyl (C=O) groups excluding carboxylic acids is 1. The fraction of sp³-hybridized carbons (Fsp3) is 0.667. The molecule has 0 bridgehead atoms. The third-order valence-electron chi connectivity index (χ3n) is 3.56. The molecule has 0 radical (unpaired) electrons. The van der Waals surface area contributed by atoms with Crippen LogP contribution in [0.15, 0.2) is 6.20 Å². The average Bonchev–Trinajstić information content (AvgIpc) is 2.46. The first-order valence-electron chi connectivity index (χ1n) is 7.85. The van der Waals surface area contributed by atoms with Gasteiger partial charge in [0.25, 0.3) is 0 Å². The lowest BCUT2D eigenvalue weighted by molar-refractivity contribution is -0.137. The van der Waals surface area contributed by atoms with Gasteiger partial charge in [0.05, 0.1) is 12.6 Å². The van der Waals surface area contributed by atoms with Crippen LogP contribution in [0.1, 0.15) is 32.8 Å². The quantitative estimate of drug-likeness (QED) is 0.604. The smallest absolute Gasteiger partial charge is 0.420 e. The van der Waals surface area contributed by atoms with E-state index < -0.39 is 40.8 Å². The van der Waals surface area contributed by atoms with Crippen molar-refractivity contribution in [1.29, 1.82) is 0 Å². The first kappa shape index (κ1) is 20.5. The van der Waals surface area contributed by atoms with Crippen LogP contribution in [-0.4, -0.2) is 51.9 Å². The van der Waals surface area contributed by atoms with E-state index in [4.69, 9.17) is 16.3 Å². The lowest BCUT2D eigenvalue weighted by Gasteiger charge is -2.35. The number of piperidine rings is 1. The first-order valence-corrected chi connectivity index (χ1v) is 8.23. The van der Waals surface area contributed by atoms with Crippen LogP contribution in [0.2, 0.25) is 5.15 Å². The van der Waals surface area contributed by atoms with Crippen molar-refractivity contribution < 1.29 is 27.1 Å². The van der Waals surface area contributed by atoms with Gasteiger partial charge in [-0.25, -0.2) is 19.2 Å². The molecule has 1 aromatic heterocycles. The van der Waals surface area contributed by atoms with Gasteiger partial charge in [-0.05, 0) is 27.2 Å². The molecule has 1 aromatic rings. The fourth-order valence-electron chi connectivity index (χ4n) is 2.35. The Morgan fingerprint density at radius 3 is 2.54 bits per heavy atom. The Kier molecular flexibility index (Phi) is 5.84. The normalized spacial score (nSPS) is 21.5. The summed E-state index contributed by atoms with van der Waals surface area (Å²) in [5.41, 5.74) is -1.86. The second-order valence-corrected chi connectivity index (χ2v) is 7.24. The second kappa shape index (κ2) is 7.42. The molecule has 0 saturated carbocycles. The lowest BCUT2D eigenvalue weighted by Crippen LogP contribution is -2.51. The SMILES string of the molecule is CC(C)(C)OC(=O)N1CCC(Nc2ncc(C(F)(F)F)c(Cl)n2)C(F)C1. The molecule has 11 heteroatoms. The number of ether oxygens (including phenoxy) is 1. The summed E-state index contributed by atoms with van der Waals surface area (Å²) in [7, 11) is 0. The molecular weight excluding hydrogens is 380 g/mol. The summed E-state index contributed by atoms with van der Waals surface area (Å²) in [5.74, 6) is -0.207. The maximum atomic E-state index is 14.4. The van der Waals surface area contributed by atoms with Gasteiger partial charge in [-0.15, -0.1) is 0 Å². The van der Waals surface area contributed by atoms with Crippen molar-refractivity contribution >= 4 is 23.6 Å². The van der Waals surface area contributed by atoms with Crippen LogP contribution in [0.25, 0.3) is 0 Å². The number of anilines is 1. The van der Waals surface area contributed by atoms with Crippen molar-refractivity contribution in [3.63, 3.8) is 0 Å². The molecule has 2 rings (SSSR count). The molecule has 6 nitrogen and oxygen atoms in total. The summed E-state index contributed by atoms with van der Waals surface area (Å²) in [6.07, 6.45) is -6.01. The van der Waals surface area contributed by atoms with E-state index in [1.807, 2.05) is 0 Å². The van der Waals surface area contributed by atoms with Crippen molar-refractivity contribution in [3.8, 4) is 0 Å². The van der Waals surface area contributed by atoms with Crippen LogP contribution >= 0.6 is 11.6 Å². The Bertz CT molecular complexity index is 666. The van der Waals surface area contributed by atoms with Crippen molar-refractivity contribution in [2.24, 2.45) is 0 Å². The number of alkyl halides is 4. The number of hydrogen-bond acceptors (Lipinski definition) is 5. The van der Waals surface area contributed by atoms with Crippen molar-refractivity contribution in [2.45, 2.75) is 51.2 Å². The number of amides is 1. The van der Waals surface area contributed by atoms with Crippen LogP contribution in [0.3, 0.4) is 0 Å². The standard InChI is InChI=1S/C15H19ClF4N4O2/c1-14(2,3)26-13(25)24-5-4-10(9(17)7-24)22-12-21-6-8(11(16)23-12)15(18,19)20/h6,9-10H,4-5,7H2,1-3H3,(H,21,22,23). The minimum atomic E-state index is -4.67. The van der Waals surface area contributed by atoms with Crippen LogP contribution in [0.4, 0.5) is 28.3 Å². The number of hydrogen-bond donors (Lipinski definition) is 1. The number of aromatic nitrogens is 2. The predicted octanol–water partition coefficient (Wildman–Crippen LogP) is 3.91. The Morgan fingerprint density at radius 1 is 1.38 bits per heavy atom. The molecule has 0 spiro atoms. The molecule has 146 valence electrons. The highest BCUT2D eigenvalue weighted by Gasteiger charge is 2.36. The lowest BCUT2D eigenvalue weighted by atomic mass is 10.0. The molecule has 2 atom stereocenters. The van der Waals surface area contributed by atoms with Crippen LogP contribution < -0.4 is 5.32 Å². The summed E-state index contributed by atoms with van der Waals surface area (Å²) in [4.78, 5) is 20.3. The molecule has 1 amide bonds. The van der Waals surface area contributed by atoms with E-state index in [9.17, 15) is 22.4 Å². The molecular formula is C15H19ClF4N4O2. The molecule has 1 aliphatic heterocycles. The van der Waals surface area contributed by atoms with Crippen molar-refractivity contribution in [3.05, 3.63) is 16.9 Å². The van der Waals surface area contributed by atoms with Gasteiger partial charge in [-0.2, -0.15) is 13.2 Å². The number of carbonyl (C=O) groups is 1. The number of rotatable bonds is 2. The Balaban J connectivity index is 1.98. The molecule has 2 unspecified atom stereocenters. The van der Waals surface area contributed by atoms with E-state index in [1.165, 1.54) is 4.90 Å². The first-order chi connectivity index (χ1) is 11.9. The Hall–Kier alpha value is -1.84. The average molecular weight is 399 g/mol. The molecule has 1 fully saturated rings. The van der Waals surface area contributed by atoms with E-state index >= 15 is 0 Å². The maximum Gasteiger partial charge on any atom is 0.420 e. The van der Waals surface area contributed by atoms with Gasteiger partial charge in [0.1, 0.15) is 22.5 Å². The number of nitrogens with one attached hydrogen (secondary N) is 1. The van der Waals surface area contributed by atoms with Crippen LogP contribution in [0.5, 0.6) is 0 Å². The van der Waals surface area contributed by atoms with Gasteiger partial charge >= 0.3 is 12.3 Å². The van der Waals surface area contributed by atoms with E-state index in [-0.39, 0.29) is 25.5 Å². The fourth-order valence-corrected chi connectivity index (χ4v) is 2.58. The largest absolute Gasteiger partial charge is 0.444 e. The van der Waals surface area contributed by atoms with E-state index in [1.54, 1.807) is 20.8 Å². The molecule has 1 saturated heterocycles. The van der Waals surface area contributed by atoms with Gasteiger partial charge in [-0.1, -0.05) is 11.6 Å². The zero-order valence-corrected chi connectivity index (χ0v) is 15.2. The summed E-state index contributed by atoms with van der Waals surface area (Å²) in [5, 5.41) is 1.86. The monoisotopic (exact) mass is 398 g/mol. The Labute approximate surface area is 152 Å².